The molecule has 1 amide bonds. The smallest absolute Gasteiger partial charge is 0.254 e. The van der Waals surface area contributed by atoms with Gasteiger partial charge in [0, 0.05) is 23.2 Å². The van der Waals surface area contributed by atoms with Gasteiger partial charge in [-0.3, -0.25) is 4.79 Å². The normalized spacial score (nSPS) is 15.4. The van der Waals surface area contributed by atoms with E-state index in [9.17, 15) is 4.79 Å². The van der Waals surface area contributed by atoms with Gasteiger partial charge in [-0.2, -0.15) is 0 Å². The van der Waals surface area contributed by atoms with Crippen LogP contribution in [0.25, 0.3) is 0 Å². The van der Waals surface area contributed by atoms with Gasteiger partial charge in [0.05, 0.1) is 0 Å². The molecule has 0 aromatic heterocycles. The average molecular weight is 314 g/mol. The SMILES string of the molecule is C[C@@H](C1CC1)N(Cc1ccccc1)C(=O)c1ccc(Cl)cc1. The number of rotatable bonds is 5. The molecule has 0 heterocycles. The summed E-state index contributed by atoms with van der Waals surface area (Å²) in [6, 6.07) is 17.6. The standard InChI is InChI=1S/C19H20ClNO/c1-14(16-7-8-16)21(13-15-5-3-2-4-6-15)19(22)17-9-11-18(20)12-10-17/h2-6,9-12,14,16H,7-8,13H2,1H3/t14-/m0/s1. The van der Waals surface area contributed by atoms with Crippen LogP contribution in [0.1, 0.15) is 35.7 Å². The van der Waals surface area contributed by atoms with Gasteiger partial charge in [-0.15, -0.1) is 0 Å². The van der Waals surface area contributed by atoms with Crippen LogP contribution in [-0.4, -0.2) is 16.8 Å². The van der Waals surface area contributed by atoms with Gasteiger partial charge in [0.25, 0.3) is 5.91 Å². The Bertz CT molecular complexity index is 634. The second-order valence-corrected chi connectivity index (χ2v) is 6.44. The predicted octanol–water partition coefficient (Wildman–Crippen LogP) is 4.78. The molecule has 2 aromatic carbocycles. The Morgan fingerprint density at radius 3 is 2.36 bits per heavy atom. The molecule has 0 aliphatic heterocycles. The van der Waals surface area contributed by atoms with Crippen molar-refractivity contribution in [1.82, 2.24) is 4.90 Å². The first-order chi connectivity index (χ1) is 10.6. The molecule has 1 fully saturated rings. The lowest BCUT2D eigenvalue weighted by atomic mass is 10.1. The second-order valence-electron chi connectivity index (χ2n) is 6.00. The number of carbonyl (C=O) groups is 1. The molecule has 3 heteroatoms. The Kier molecular flexibility index (Phi) is 4.49. The van der Waals surface area contributed by atoms with Crippen LogP contribution in [0.2, 0.25) is 5.02 Å². The van der Waals surface area contributed by atoms with E-state index in [2.05, 4.69) is 19.1 Å². The lowest BCUT2D eigenvalue weighted by Crippen LogP contribution is -2.39. The molecule has 3 rings (SSSR count). The summed E-state index contributed by atoms with van der Waals surface area (Å²) in [4.78, 5) is 14.9. The van der Waals surface area contributed by atoms with Crippen LogP contribution in [0.4, 0.5) is 0 Å². The molecule has 22 heavy (non-hydrogen) atoms. The molecular formula is C19H20ClNO. The first kappa shape index (κ1) is 15.1. The molecule has 0 radical (unpaired) electrons. The van der Waals surface area contributed by atoms with Gasteiger partial charge in [-0.05, 0) is 55.5 Å². The monoisotopic (exact) mass is 313 g/mol. The molecule has 114 valence electrons. The quantitative estimate of drug-likeness (QED) is 0.778. The van der Waals surface area contributed by atoms with Gasteiger partial charge in [-0.25, -0.2) is 0 Å². The zero-order valence-electron chi connectivity index (χ0n) is 12.7. The van der Waals surface area contributed by atoms with E-state index in [4.69, 9.17) is 11.6 Å². The molecular weight excluding hydrogens is 294 g/mol. The first-order valence-electron chi connectivity index (χ1n) is 7.75. The number of halogens is 1. The lowest BCUT2D eigenvalue weighted by molar-refractivity contribution is 0.0654. The number of nitrogens with zero attached hydrogens (tertiary/aromatic N) is 1. The fraction of sp³-hybridized carbons (Fsp3) is 0.316. The molecule has 0 spiro atoms. The largest absolute Gasteiger partial charge is 0.331 e. The highest BCUT2D eigenvalue weighted by Crippen LogP contribution is 2.36. The Morgan fingerprint density at radius 1 is 1.14 bits per heavy atom. The highest BCUT2D eigenvalue weighted by Gasteiger charge is 2.34. The van der Waals surface area contributed by atoms with Gasteiger partial charge < -0.3 is 4.90 Å². The molecule has 1 aliphatic rings. The van der Waals surface area contributed by atoms with Crippen LogP contribution in [-0.2, 0) is 6.54 Å². The van der Waals surface area contributed by atoms with Gasteiger partial charge in [-0.1, -0.05) is 41.9 Å². The second kappa shape index (κ2) is 6.53. The molecule has 0 bridgehead atoms. The molecule has 2 nitrogen and oxygen atoms in total. The number of hydrogen-bond donors (Lipinski definition) is 0. The van der Waals surface area contributed by atoms with Crippen molar-refractivity contribution in [2.24, 2.45) is 5.92 Å². The Labute approximate surface area is 136 Å². The number of amides is 1. The minimum absolute atomic E-state index is 0.0833. The summed E-state index contributed by atoms with van der Waals surface area (Å²) in [5.74, 6) is 0.722. The van der Waals surface area contributed by atoms with Crippen molar-refractivity contribution in [2.45, 2.75) is 32.4 Å². The maximum Gasteiger partial charge on any atom is 0.254 e. The molecule has 0 N–H and O–H groups in total. The summed E-state index contributed by atoms with van der Waals surface area (Å²) in [5.41, 5.74) is 1.87. The first-order valence-corrected chi connectivity index (χ1v) is 8.13. The topological polar surface area (TPSA) is 20.3 Å². The summed E-state index contributed by atoms with van der Waals surface area (Å²) in [6.07, 6.45) is 2.45. The Balaban J connectivity index is 1.84. The maximum atomic E-state index is 12.9. The van der Waals surface area contributed by atoms with Crippen LogP contribution in [0, 0.1) is 5.92 Å². The van der Waals surface area contributed by atoms with Crippen molar-refractivity contribution in [2.75, 3.05) is 0 Å². The fourth-order valence-electron chi connectivity index (χ4n) is 2.77. The molecule has 0 unspecified atom stereocenters. The minimum atomic E-state index is 0.0833. The highest BCUT2D eigenvalue weighted by molar-refractivity contribution is 6.30. The van der Waals surface area contributed by atoms with Crippen LogP contribution in [0.15, 0.2) is 54.6 Å². The van der Waals surface area contributed by atoms with Crippen LogP contribution < -0.4 is 0 Å². The molecule has 1 saturated carbocycles. The van der Waals surface area contributed by atoms with Crippen molar-refractivity contribution in [3.63, 3.8) is 0 Å². The van der Waals surface area contributed by atoms with Gasteiger partial charge >= 0.3 is 0 Å². The molecule has 0 saturated heterocycles. The van der Waals surface area contributed by atoms with E-state index < -0.39 is 0 Å². The Morgan fingerprint density at radius 2 is 1.77 bits per heavy atom. The summed E-state index contributed by atoms with van der Waals surface area (Å²) < 4.78 is 0. The number of hydrogen-bond acceptors (Lipinski definition) is 1. The third kappa shape index (κ3) is 3.50. The van der Waals surface area contributed by atoms with Crippen LogP contribution in [0.5, 0.6) is 0 Å². The van der Waals surface area contributed by atoms with Crippen molar-refractivity contribution in [1.29, 1.82) is 0 Å². The number of benzene rings is 2. The fourth-order valence-corrected chi connectivity index (χ4v) is 2.90. The van der Waals surface area contributed by atoms with E-state index >= 15 is 0 Å². The van der Waals surface area contributed by atoms with E-state index in [1.165, 1.54) is 12.8 Å². The third-order valence-electron chi connectivity index (χ3n) is 4.34. The summed E-state index contributed by atoms with van der Waals surface area (Å²) in [7, 11) is 0. The van der Waals surface area contributed by atoms with Crippen molar-refractivity contribution in [3.8, 4) is 0 Å². The average Bonchev–Trinajstić information content (AvgIpc) is 3.38. The van der Waals surface area contributed by atoms with Crippen molar-refractivity contribution >= 4 is 17.5 Å². The Hall–Kier alpha value is -1.80. The van der Waals surface area contributed by atoms with E-state index in [-0.39, 0.29) is 11.9 Å². The zero-order chi connectivity index (χ0) is 15.5. The van der Waals surface area contributed by atoms with Gasteiger partial charge in [0.1, 0.15) is 0 Å². The minimum Gasteiger partial charge on any atom is -0.331 e. The van der Waals surface area contributed by atoms with Crippen molar-refractivity contribution < 1.29 is 4.79 Å². The molecule has 2 aromatic rings. The molecule has 1 atom stereocenters. The predicted molar refractivity (Wildman–Crippen MR) is 90.0 cm³/mol. The summed E-state index contributed by atoms with van der Waals surface area (Å²) in [5, 5.41) is 0.654. The lowest BCUT2D eigenvalue weighted by Gasteiger charge is -2.30. The van der Waals surface area contributed by atoms with Crippen LogP contribution >= 0.6 is 11.6 Å². The van der Waals surface area contributed by atoms with E-state index in [1.807, 2.05) is 35.2 Å². The zero-order valence-corrected chi connectivity index (χ0v) is 13.5. The van der Waals surface area contributed by atoms with E-state index in [0.29, 0.717) is 23.0 Å². The molecule has 1 aliphatic carbocycles. The van der Waals surface area contributed by atoms with E-state index in [1.54, 1.807) is 12.1 Å². The van der Waals surface area contributed by atoms with Gasteiger partial charge in [0.2, 0.25) is 0 Å². The highest BCUT2D eigenvalue weighted by atomic mass is 35.5. The van der Waals surface area contributed by atoms with Crippen LogP contribution in [0.3, 0.4) is 0 Å². The number of carbonyl (C=O) groups excluding carboxylic acids is 1. The summed E-state index contributed by atoms with van der Waals surface area (Å²) in [6.45, 7) is 2.81. The van der Waals surface area contributed by atoms with Gasteiger partial charge in [0.15, 0.2) is 0 Å². The third-order valence-corrected chi connectivity index (χ3v) is 4.60. The maximum absolute atomic E-state index is 12.9. The van der Waals surface area contributed by atoms with Crippen molar-refractivity contribution in [3.05, 3.63) is 70.7 Å². The summed E-state index contributed by atoms with van der Waals surface area (Å²) >= 11 is 5.92. The van der Waals surface area contributed by atoms with E-state index in [0.717, 1.165) is 5.56 Å².